The van der Waals surface area contributed by atoms with E-state index in [4.69, 9.17) is 4.74 Å². The van der Waals surface area contributed by atoms with E-state index in [1.54, 1.807) is 18.1 Å². The Hall–Kier alpha value is -4.00. The molecule has 1 fully saturated rings. The van der Waals surface area contributed by atoms with Gasteiger partial charge < -0.3 is 24.4 Å². The summed E-state index contributed by atoms with van der Waals surface area (Å²) in [6, 6.07) is 13.9. The largest absolute Gasteiger partial charge is 0.507 e. The fourth-order valence-electron chi connectivity index (χ4n) is 4.11. The summed E-state index contributed by atoms with van der Waals surface area (Å²) in [5, 5.41) is 19.1. The molecule has 1 saturated heterocycles. The van der Waals surface area contributed by atoms with E-state index in [2.05, 4.69) is 0 Å². The van der Waals surface area contributed by atoms with Gasteiger partial charge in [-0.2, -0.15) is 0 Å². The van der Waals surface area contributed by atoms with Gasteiger partial charge in [-0.3, -0.25) is 4.79 Å². The topological polar surface area (TPSA) is 92.0 Å². The minimum Gasteiger partial charge on any atom is -0.507 e. The molecule has 1 amide bonds. The third-order valence-electron chi connectivity index (χ3n) is 5.78. The van der Waals surface area contributed by atoms with Crippen molar-refractivity contribution < 1.29 is 24.5 Å². The van der Waals surface area contributed by atoms with Crippen molar-refractivity contribution in [1.29, 1.82) is 0 Å². The summed E-state index contributed by atoms with van der Waals surface area (Å²) in [6.07, 6.45) is 2.54. The van der Waals surface area contributed by atoms with E-state index in [-0.39, 0.29) is 17.2 Å². The minimum atomic E-state index is -1.19. The van der Waals surface area contributed by atoms with Crippen LogP contribution >= 0.6 is 0 Å². The second-order valence-electron chi connectivity index (χ2n) is 7.74. The molecule has 1 aliphatic rings. The van der Waals surface area contributed by atoms with Gasteiger partial charge in [-0.05, 0) is 80.4 Å². The number of hydrogen-bond acceptors (Lipinski definition) is 4. The maximum atomic E-state index is 13.0. The van der Waals surface area contributed by atoms with Gasteiger partial charge in [-0.1, -0.05) is 0 Å². The number of carbonyl (C=O) groups is 2. The Morgan fingerprint density at radius 3 is 2.41 bits per heavy atom. The highest BCUT2D eigenvalue weighted by Crippen LogP contribution is 2.30. The smallest absolute Gasteiger partial charge is 0.339 e. The van der Waals surface area contributed by atoms with Crippen molar-refractivity contribution in [1.82, 2.24) is 4.57 Å². The maximum absolute atomic E-state index is 13.0. The number of amides is 1. The molecule has 1 aromatic heterocycles. The Bertz CT molecular complexity index is 1240. The maximum Gasteiger partial charge on any atom is 0.339 e. The van der Waals surface area contributed by atoms with E-state index >= 15 is 0 Å². The molecule has 3 aromatic rings. The van der Waals surface area contributed by atoms with Crippen LogP contribution in [0.3, 0.4) is 0 Å². The van der Waals surface area contributed by atoms with E-state index < -0.39 is 5.97 Å². The van der Waals surface area contributed by atoms with E-state index in [9.17, 15) is 19.8 Å². The van der Waals surface area contributed by atoms with Gasteiger partial charge in [0.05, 0.1) is 7.11 Å². The summed E-state index contributed by atoms with van der Waals surface area (Å²) in [5.41, 5.74) is 4.70. The molecule has 0 spiro atoms. The molecule has 32 heavy (non-hydrogen) atoms. The summed E-state index contributed by atoms with van der Waals surface area (Å²) < 4.78 is 7.10. The third kappa shape index (κ3) is 3.73. The van der Waals surface area contributed by atoms with Crippen LogP contribution in [0.15, 0.2) is 54.1 Å². The SMILES string of the molecule is COc1ccc(N2CC/C(=C\c3cc(C)n(-c4ccc(O)c(C(=O)O)c4)c3C)C2=O)cc1. The van der Waals surface area contributed by atoms with Crippen molar-refractivity contribution in [2.24, 2.45) is 0 Å². The number of aryl methyl sites for hydroxylation is 1. The molecule has 0 unspecified atom stereocenters. The molecule has 0 radical (unpaired) electrons. The number of aromatic carboxylic acids is 1. The van der Waals surface area contributed by atoms with Crippen LogP contribution in [0.4, 0.5) is 5.69 Å². The fraction of sp³-hybridized carbons (Fsp3) is 0.200. The van der Waals surface area contributed by atoms with E-state index in [0.29, 0.717) is 18.7 Å². The second-order valence-corrected chi connectivity index (χ2v) is 7.74. The van der Waals surface area contributed by atoms with Gasteiger partial charge >= 0.3 is 5.97 Å². The van der Waals surface area contributed by atoms with Gasteiger partial charge in [0.1, 0.15) is 17.1 Å². The molecular weight excluding hydrogens is 408 g/mol. The number of carbonyl (C=O) groups excluding carboxylic acids is 1. The highest BCUT2D eigenvalue weighted by Gasteiger charge is 2.27. The van der Waals surface area contributed by atoms with Gasteiger partial charge in [0, 0.05) is 34.9 Å². The summed E-state index contributed by atoms with van der Waals surface area (Å²) in [6.45, 7) is 4.45. The summed E-state index contributed by atoms with van der Waals surface area (Å²) in [7, 11) is 1.61. The molecule has 164 valence electrons. The Balaban J connectivity index is 1.65. The van der Waals surface area contributed by atoms with Crippen LogP contribution in [-0.4, -0.2) is 40.3 Å². The first-order chi connectivity index (χ1) is 15.3. The Morgan fingerprint density at radius 1 is 1.06 bits per heavy atom. The molecule has 1 aliphatic heterocycles. The van der Waals surface area contributed by atoms with Crippen molar-refractivity contribution in [2.75, 3.05) is 18.6 Å². The van der Waals surface area contributed by atoms with Gasteiger partial charge in [-0.25, -0.2) is 4.79 Å². The number of carboxylic acid groups (broad SMARTS) is 1. The van der Waals surface area contributed by atoms with E-state index in [1.165, 1.54) is 12.1 Å². The lowest BCUT2D eigenvalue weighted by atomic mass is 10.1. The number of rotatable bonds is 5. The molecule has 0 aliphatic carbocycles. The summed E-state index contributed by atoms with van der Waals surface area (Å²) in [4.78, 5) is 26.2. The normalized spacial score (nSPS) is 14.9. The number of ether oxygens (including phenoxy) is 1. The van der Waals surface area contributed by atoms with Crippen LogP contribution in [0.25, 0.3) is 11.8 Å². The van der Waals surface area contributed by atoms with Crippen molar-refractivity contribution in [2.45, 2.75) is 20.3 Å². The lowest BCUT2D eigenvalue weighted by Gasteiger charge is -2.15. The summed E-state index contributed by atoms with van der Waals surface area (Å²) in [5.74, 6) is -0.757. The van der Waals surface area contributed by atoms with Gasteiger partial charge in [0.2, 0.25) is 0 Å². The average molecular weight is 432 g/mol. The molecule has 0 saturated carbocycles. The second kappa shape index (κ2) is 8.26. The van der Waals surface area contributed by atoms with Crippen LogP contribution in [0.5, 0.6) is 11.5 Å². The number of carboxylic acids is 1. The predicted octanol–water partition coefficient (Wildman–Crippen LogP) is 4.33. The zero-order chi connectivity index (χ0) is 23.0. The van der Waals surface area contributed by atoms with Gasteiger partial charge in [0.25, 0.3) is 5.91 Å². The lowest BCUT2D eigenvalue weighted by Crippen LogP contribution is -2.24. The quantitative estimate of drug-likeness (QED) is 0.586. The van der Waals surface area contributed by atoms with Crippen molar-refractivity contribution in [3.63, 3.8) is 0 Å². The molecule has 4 rings (SSSR count). The molecule has 2 aromatic carbocycles. The Morgan fingerprint density at radius 2 is 1.75 bits per heavy atom. The molecule has 0 bridgehead atoms. The lowest BCUT2D eigenvalue weighted by molar-refractivity contribution is -0.114. The zero-order valence-corrected chi connectivity index (χ0v) is 18.1. The number of aromatic hydroxyl groups is 1. The first-order valence-electron chi connectivity index (χ1n) is 10.2. The Labute approximate surface area is 185 Å². The monoisotopic (exact) mass is 432 g/mol. The first kappa shape index (κ1) is 21.2. The number of anilines is 1. The van der Waals surface area contributed by atoms with Crippen LogP contribution in [0.2, 0.25) is 0 Å². The van der Waals surface area contributed by atoms with Gasteiger partial charge in [-0.15, -0.1) is 0 Å². The van der Waals surface area contributed by atoms with Crippen LogP contribution in [0.1, 0.15) is 33.7 Å². The van der Waals surface area contributed by atoms with E-state index in [1.807, 2.05) is 54.8 Å². The standard InChI is InChI=1S/C25H24N2O5/c1-15-12-18(16(2)27(15)20-6-9-23(28)22(14-20)25(30)31)13-17-10-11-26(24(17)29)19-4-7-21(32-3)8-5-19/h4-9,12-14,28H,10-11H2,1-3H3,(H,30,31)/b17-13+. The molecule has 2 heterocycles. The van der Waals surface area contributed by atoms with Crippen LogP contribution in [0, 0.1) is 13.8 Å². The number of aromatic nitrogens is 1. The Kier molecular flexibility index (Phi) is 5.48. The predicted molar refractivity (Wildman–Crippen MR) is 122 cm³/mol. The first-order valence-corrected chi connectivity index (χ1v) is 10.2. The van der Waals surface area contributed by atoms with Crippen LogP contribution < -0.4 is 9.64 Å². The highest BCUT2D eigenvalue weighted by molar-refractivity contribution is 6.10. The van der Waals surface area contributed by atoms with Crippen molar-refractivity contribution in [3.8, 4) is 17.2 Å². The third-order valence-corrected chi connectivity index (χ3v) is 5.78. The minimum absolute atomic E-state index is 0.0298. The van der Waals surface area contributed by atoms with Crippen LogP contribution in [-0.2, 0) is 4.79 Å². The van der Waals surface area contributed by atoms with Crippen molar-refractivity contribution in [3.05, 3.63) is 76.6 Å². The molecular formula is C25H24N2O5. The number of nitrogens with zero attached hydrogens (tertiary/aromatic N) is 2. The fourth-order valence-corrected chi connectivity index (χ4v) is 4.11. The molecule has 2 N–H and O–H groups in total. The van der Waals surface area contributed by atoms with E-state index in [0.717, 1.165) is 34.0 Å². The number of phenols is 1. The highest BCUT2D eigenvalue weighted by atomic mass is 16.5. The number of hydrogen-bond donors (Lipinski definition) is 2. The molecule has 7 heteroatoms. The van der Waals surface area contributed by atoms with Crippen molar-refractivity contribution >= 4 is 23.6 Å². The molecule has 7 nitrogen and oxygen atoms in total. The van der Waals surface area contributed by atoms with Gasteiger partial charge in [0.15, 0.2) is 0 Å². The number of benzene rings is 2. The molecule has 0 atom stereocenters. The zero-order valence-electron chi connectivity index (χ0n) is 18.1. The number of methoxy groups -OCH3 is 1. The summed E-state index contributed by atoms with van der Waals surface area (Å²) >= 11 is 0. The average Bonchev–Trinajstić information content (AvgIpc) is 3.27.